The van der Waals surface area contributed by atoms with Crippen molar-refractivity contribution in [3.05, 3.63) is 93.3 Å². The summed E-state index contributed by atoms with van der Waals surface area (Å²) in [7, 11) is 0. The average Bonchev–Trinajstić information content (AvgIpc) is 3.39. The molecular formula is C24H17N3O2S. The molecule has 0 fully saturated rings. The van der Waals surface area contributed by atoms with Gasteiger partial charge in [0.1, 0.15) is 5.70 Å². The Balaban J connectivity index is 1.58. The number of carbonyl (C=O) groups is 2. The molecule has 0 bridgehead atoms. The van der Waals surface area contributed by atoms with Gasteiger partial charge in [-0.25, -0.2) is 4.90 Å². The molecule has 6 heteroatoms. The van der Waals surface area contributed by atoms with Crippen molar-refractivity contribution in [2.75, 3.05) is 11.4 Å². The Morgan fingerprint density at radius 1 is 0.900 bits per heavy atom. The Kier molecular flexibility index (Phi) is 4.46. The van der Waals surface area contributed by atoms with Crippen molar-refractivity contribution in [1.29, 1.82) is 5.26 Å². The zero-order valence-electron chi connectivity index (χ0n) is 16.0. The number of rotatable bonds is 3. The number of benzene rings is 2. The summed E-state index contributed by atoms with van der Waals surface area (Å²) in [5.41, 5.74) is 4.34. The fourth-order valence-electron chi connectivity index (χ4n) is 4.06. The number of thiophene rings is 1. The predicted molar refractivity (Wildman–Crippen MR) is 115 cm³/mol. The van der Waals surface area contributed by atoms with Gasteiger partial charge in [0.15, 0.2) is 0 Å². The van der Waals surface area contributed by atoms with Crippen LogP contribution in [0.1, 0.15) is 21.6 Å². The molecule has 2 aliphatic heterocycles. The monoisotopic (exact) mass is 411 g/mol. The van der Waals surface area contributed by atoms with E-state index in [9.17, 15) is 9.59 Å². The van der Waals surface area contributed by atoms with Crippen LogP contribution in [-0.2, 0) is 22.6 Å². The van der Waals surface area contributed by atoms with E-state index in [-0.39, 0.29) is 11.8 Å². The zero-order valence-corrected chi connectivity index (χ0v) is 16.9. The number of carbonyl (C=O) groups excluding carboxylic acids is 2. The molecule has 3 heterocycles. The summed E-state index contributed by atoms with van der Waals surface area (Å²) in [6.07, 6.45) is 0.829. The molecule has 0 spiro atoms. The minimum Gasteiger partial charge on any atom is -0.362 e. The summed E-state index contributed by atoms with van der Waals surface area (Å²) in [6, 6.07) is 20.6. The number of nitriles is 1. The second-order valence-electron chi connectivity index (χ2n) is 7.25. The summed E-state index contributed by atoms with van der Waals surface area (Å²) in [6.45, 7) is 1.28. The minimum absolute atomic E-state index is 0.313. The Morgan fingerprint density at radius 2 is 1.67 bits per heavy atom. The number of anilines is 1. The van der Waals surface area contributed by atoms with Gasteiger partial charge in [-0.3, -0.25) is 9.59 Å². The molecule has 2 aromatic carbocycles. The highest BCUT2D eigenvalue weighted by molar-refractivity contribution is 7.11. The van der Waals surface area contributed by atoms with Crippen LogP contribution in [0.15, 0.2) is 71.7 Å². The van der Waals surface area contributed by atoms with E-state index in [0.717, 1.165) is 11.3 Å². The van der Waals surface area contributed by atoms with Gasteiger partial charge in [-0.2, -0.15) is 5.26 Å². The largest absolute Gasteiger partial charge is 0.362 e. The van der Waals surface area contributed by atoms with E-state index in [4.69, 9.17) is 5.26 Å². The lowest BCUT2D eigenvalue weighted by molar-refractivity contribution is -0.120. The summed E-state index contributed by atoms with van der Waals surface area (Å²) in [5, 5.41) is 11.0. The standard InChI is InChI=1S/C24H17N3O2S/c25-14-16-7-9-19(10-8-16)27-23(28)21(20-6-3-13-30-20)22(24(27)29)26-12-11-17-4-1-2-5-18(17)15-26/h1-10,13H,11-12,15H2. The number of hydrogen-bond donors (Lipinski definition) is 0. The second-order valence-corrected chi connectivity index (χ2v) is 8.19. The molecule has 2 amide bonds. The van der Waals surface area contributed by atoms with Gasteiger partial charge in [0.05, 0.1) is 22.9 Å². The van der Waals surface area contributed by atoms with Gasteiger partial charge in [0.25, 0.3) is 11.8 Å². The molecule has 0 saturated carbocycles. The number of nitrogens with zero attached hydrogens (tertiary/aromatic N) is 3. The summed E-state index contributed by atoms with van der Waals surface area (Å²) >= 11 is 1.46. The Morgan fingerprint density at radius 3 is 2.37 bits per heavy atom. The molecule has 5 nitrogen and oxygen atoms in total. The lowest BCUT2D eigenvalue weighted by Gasteiger charge is -2.31. The van der Waals surface area contributed by atoms with Gasteiger partial charge < -0.3 is 4.90 Å². The zero-order chi connectivity index (χ0) is 20.7. The highest BCUT2D eigenvalue weighted by atomic mass is 32.1. The molecule has 0 unspecified atom stereocenters. The van der Waals surface area contributed by atoms with E-state index >= 15 is 0 Å². The molecule has 0 atom stereocenters. The molecule has 3 aromatic rings. The smallest absolute Gasteiger partial charge is 0.282 e. The normalized spacial score (nSPS) is 16.1. The van der Waals surface area contributed by atoms with E-state index in [2.05, 4.69) is 18.2 Å². The number of fused-ring (bicyclic) bond motifs is 1. The van der Waals surface area contributed by atoms with Gasteiger partial charge in [-0.15, -0.1) is 11.3 Å². The SMILES string of the molecule is N#Cc1ccc(N2C(=O)C(c3cccs3)=C(N3CCc4ccccc4C3)C2=O)cc1. The Hall–Kier alpha value is -3.69. The molecule has 146 valence electrons. The molecule has 1 aromatic heterocycles. The third-order valence-corrected chi connectivity index (χ3v) is 6.42. The lowest BCUT2D eigenvalue weighted by atomic mass is 9.99. The van der Waals surface area contributed by atoms with E-state index in [0.29, 0.717) is 35.6 Å². The first-order valence-corrected chi connectivity index (χ1v) is 10.5. The van der Waals surface area contributed by atoms with Crippen molar-refractivity contribution >= 4 is 34.4 Å². The van der Waals surface area contributed by atoms with E-state index in [1.165, 1.54) is 27.4 Å². The maximum absolute atomic E-state index is 13.5. The highest BCUT2D eigenvalue weighted by Gasteiger charge is 2.43. The van der Waals surface area contributed by atoms with Crippen molar-refractivity contribution in [2.45, 2.75) is 13.0 Å². The third-order valence-electron chi connectivity index (χ3n) is 5.53. The van der Waals surface area contributed by atoms with Gasteiger partial charge in [0, 0.05) is 18.0 Å². The van der Waals surface area contributed by atoms with E-state index in [1.807, 2.05) is 34.5 Å². The maximum Gasteiger partial charge on any atom is 0.282 e. The molecule has 0 aliphatic carbocycles. The van der Waals surface area contributed by atoms with Gasteiger partial charge in [-0.1, -0.05) is 30.3 Å². The lowest BCUT2D eigenvalue weighted by Crippen LogP contribution is -2.37. The first kappa shape index (κ1) is 18.3. The van der Waals surface area contributed by atoms with Crippen LogP contribution in [0.5, 0.6) is 0 Å². The van der Waals surface area contributed by atoms with Gasteiger partial charge >= 0.3 is 0 Å². The number of hydrogen-bond acceptors (Lipinski definition) is 5. The fraction of sp³-hybridized carbons (Fsp3) is 0.125. The van der Waals surface area contributed by atoms with Crippen molar-refractivity contribution in [3.8, 4) is 6.07 Å². The highest BCUT2D eigenvalue weighted by Crippen LogP contribution is 2.38. The average molecular weight is 411 g/mol. The van der Waals surface area contributed by atoms with Crippen LogP contribution in [0.3, 0.4) is 0 Å². The molecule has 30 heavy (non-hydrogen) atoms. The molecule has 2 aliphatic rings. The van der Waals surface area contributed by atoms with Crippen molar-refractivity contribution < 1.29 is 9.59 Å². The first-order valence-electron chi connectivity index (χ1n) is 9.66. The van der Waals surface area contributed by atoms with Gasteiger partial charge in [0.2, 0.25) is 0 Å². The third kappa shape index (κ3) is 2.92. The molecular weight excluding hydrogens is 394 g/mol. The summed E-state index contributed by atoms with van der Waals surface area (Å²) < 4.78 is 0. The van der Waals surface area contributed by atoms with Crippen molar-refractivity contribution in [2.24, 2.45) is 0 Å². The quantitative estimate of drug-likeness (QED) is 0.612. The Bertz CT molecular complexity index is 1220. The van der Waals surface area contributed by atoms with Crippen LogP contribution in [0, 0.1) is 11.3 Å². The number of imide groups is 1. The fourth-order valence-corrected chi connectivity index (χ4v) is 4.82. The van der Waals surface area contributed by atoms with Crippen LogP contribution in [0.2, 0.25) is 0 Å². The predicted octanol–water partition coefficient (Wildman–Crippen LogP) is 3.96. The van der Waals surface area contributed by atoms with Crippen LogP contribution in [0.25, 0.3) is 5.57 Å². The van der Waals surface area contributed by atoms with Crippen LogP contribution >= 0.6 is 11.3 Å². The van der Waals surface area contributed by atoms with Crippen molar-refractivity contribution in [1.82, 2.24) is 4.90 Å². The first-order chi connectivity index (χ1) is 14.7. The molecule has 0 N–H and O–H groups in total. The topological polar surface area (TPSA) is 64.4 Å². The second kappa shape index (κ2) is 7.29. The molecule has 0 radical (unpaired) electrons. The maximum atomic E-state index is 13.5. The van der Waals surface area contributed by atoms with Gasteiger partial charge in [-0.05, 0) is 53.3 Å². The summed E-state index contributed by atoms with van der Waals surface area (Å²) in [4.78, 5) is 31.0. The Labute approximate surface area is 178 Å². The van der Waals surface area contributed by atoms with Crippen LogP contribution in [-0.4, -0.2) is 23.3 Å². The van der Waals surface area contributed by atoms with Crippen LogP contribution in [0.4, 0.5) is 5.69 Å². The van der Waals surface area contributed by atoms with E-state index < -0.39 is 0 Å². The summed E-state index contributed by atoms with van der Waals surface area (Å²) in [5.74, 6) is -0.631. The molecule has 0 saturated heterocycles. The number of amides is 2. The van der Waals surface area contributed by atoms with E-state index in [1.54, 1.807) is 24.3 Å². The van der Waals surface area contributed by atoms with Crippen molar-refractivity contribution in [3.63, 3.8) is 0 Å². The molecule has 5 rings (SSSR count). The van der Waals surface area contributed by atoms with Crippen LogP contribution < -0.4 is 4.90 Å². The minimum atomic E-state index is -0.319.